The molecule has 9 nitrogen and oxygen atoms in total. The summed E-state index contributed by atoms with van der Waals surface area (Å²) in [6, 6.07) is 3.99. The summed E-state index contributed by atoms with van der Waals surface area (Å²) in [4.78, 5) is 21.8. The first-order chi connectivity index (χ1) is 15.8. The average molecular weight is 446 g/mol. The van der Waals surface area contributed by atoms with E-state index >= 15 is 0 Å². The van der Waals surface area contributed by atoms with Crippen molar-refractivity contribution in [3.8, 4) is 16.9 Å². The van der Waals surface area contributed by atoms with E-state index in [0.717, 1.165) is 57.0 Å². The molecule has 33 heavy (non-hydrogen) atoms. The number of aromatic nitrogens is 5. The Morgan fingerprint density at radius 1 is 1.03 bits per heavy atom. The summed E-state index contributed by atoms with van der Waals surface area (Å²) in [7, 11) is 5.47. The summed E-state index contributed by atoms with van der Waals surface area (Å²) in [5.41, 5.74) is 6.84. The molecule has 0 spiro atoms. The molecule has 1 amide bonds. The Bertz CT molecular complexity index is 1400. The number of nitrogens with zero attached hydrogens (tertiary/aromatic N) is 7. The third kappa shape index (κ3) is 3.23. The molecule has 0 radical (unpaired) electrons. The molecule has 9 heteroatoms. The predicted molar refractivity (Wildman–Crippen MR) is 128 cm³/mol. The summed E-state index contributed by atoms with van der Waals surface area (Å²) in [6.07, 6.45) is 5.74. The summed E-state index contributed by atoms with van der Waals surface area (Å²) in [6.45, 7) is 6.94. The van der Waals surface area contributed by atoms with Gasteiger partial charge in [0.05, 0.1) is 53.8 Å². The van der Waals surface area contributed by atoms with Gasteiger partial charge in [0.2, 0.25) is 0 Å². The van der Waals surface area contributed by atoms with Crippen molar-refractivity contribution < 1.29 is 9.53 Å². The lowest BCUT2D eigenvalue weighted by Gasteiger charge is -2.35. The molecule has 0 fully saturated rings. The summed E-state index contributed by atoms with van der Waals surface area (Å²) >= 11 is 0. The standard InChI is InChI=1S/C24H27N7O2/c1-7-30-12-21(15(3)27-30)31-23(32)13-28(4)20-10-25-19-9-22(33-6)16(8-17(19)24(20)31)18-11-29(5)26-14(18)2/h8-12H,7,13H2,1-6H3. The van der Waals surface area contributed by atoms with Gasteiger partial charge in [0.25, 0.3) is 5.91 Å². The van der Waals surface area contributed by atoms with Crippen molar-refractivity contribution in [1.82, 2.24) is 24.5 Å². The van der Waals surface area contributed by atoms with Gasteiger partial charge in [-0.05, 0) is 26.8 Å². The molecular weight excluding hydrogens is 418 g/mol. The molecule has 170 valence electrons. The highest BCUT2D eigenvalue weighted by atomic mass is 16.5. The second kappa shape index (κ2) is 7.61. The van der Waals surface area contributed by atoms with E-state index in [1.165, 1.54) is 0 Å². The Balaban J connectivity index is 1.83. The molecule has 0 N–H and O–H groups in total. The maximum atomic E-state index is 13.4. The Morgan fingerprint density at radius 3 is 2.45 bits per heavy atom. The van der Waals surface area contributed by atoms with Crippen molar-refractivity contribution in [3.63, 3.8) is 0 Å². The number of hydrogen-bond donors (Lipinski definition) is 0. The van der Waals surface area contributed by atoms with Gasteiger partial charge in [0, 0.05) is 55.6 Å². The number of carbonyl (C=O) groups is 1. The normalized spacial score (nSPS) is 13.7. The van der Waals surface area contributed by atoms with Gasteiger partial charge < -0.3 is 9.64 Å². The highest BCUT2D eigenvalue weighted by Gasteiger charge is 2.33. The molecule has 5 rings (SSSR count). The Morgan fingerprint density at radius 2 is 1.82 bits per heavy atom. The third-order valence-corrected chi connectivity index (χ3v) is 6.19. The van der Waals surface area contributed by atoms with Crippen LogP contribution in [0.3, 0.4) is 0 Å². The topological polar surface area (TPSA) is 81.3 Å². The fraction of sp³-hybridized carbons (Fsp3) is 0.333. The lowest BCUT2D eigenvalue weighted by atomic mass is 10.00. The Labute approximate surface area is 192 Å². The second-order valence-electron chi connectivity index (χ2n) is 8.40. The lowest BCUT2D eigenvalue weighted by Crippen LogP contribution is -2.42. The molecule has 4 aromatic rings. The highest BCUT2D eigenvalue weighted by Crippen LogP contribution is 2.45. The van der Waals surface area contributed by atoms with E-state index in [4.69, 9.17) is 9.72 Å². The number of fused-ring (bicyclic) bond motifs is 3. The van der Waals surface area contributed by atoms with Crippen LogP contribution in [-0.2, 0) is 18.4 Å². The van der Waals surface area contributed by atoms with Gasteiger partial charge in [-0.3, -0.25) is 24.0 Å². The summed E-state index contributed by atoms with van der Waals surface area (Å²) in [5.74, 6) is 0.703. The van der Waals surface area contributed by atoms with Crippen molar-refractivity contribution in [2.75, 3.05) is 30.5 Å². The zero-order valence-electron chi connectivity index (χ0n) is 19.7. The number of anilines is 3. The average Bonchev–Trinajstić information content (AvgIpc) is 3.33. The first-order valence-corrected chi connectivity index (χ1v) is 10.9. The molecule has 0 saturated heterocycles. The van der Waals surface area contributed by atoms with E-state index in [2.05, 4.69) is 16.3 Å². The first kappa shape index (κ1) is 21.0. The van der Waals surface area contributed by atoms with Gasteiger partial charge in [0.15, 0.2) is 0 Å². The predicted octanol–water partition coefficient (Wildman–Crippen LogP) is 3.59. The van der Waals surface area contributed by atoms with Crippen LogP contribution in [0.15, 0.2) is 30.7 Å². The van der Waals surface area contributed by atoms with E-state index in [9.17, 15) is 4.79 Å². The molecule has 1 aliphatic heterocycles. The maximum Gasteiger partial charge on any atom is 0.251 e. The Hall–Kier alpha value is -3.88. The molecule has 0 saturated carbocycles. The molecule has 0 unspecified atom stereocenters. The smallest absolute Gasteiger partial charge is 0.251 e. The number of benzene rings is 1. The van der Waals surface area contributed by atoms with E-state index in [1.54, 1.807) is 16.7 Å². The fourth-order valence-electron chi connectivity index (χ4n) is 4.58. The number of pyridine rings is 1. The number of amides is 1. The molecule has 4 heterocycles. The number of rotatable bonds is 4. The van der Waals surface area contributed by atoms with Crippen molar-refractivity contribution in [3.05, 3.63) is 42.1 Å². The zero-order chi connectivity index (χ0) is 23.4. The maximum absolute atomic E-state index is 13.4. The molecule has 0 atom stereocenters. The second-order valence-corrected chi connectivity index (χ2v) is 8.40. The van der Waals surface area contributed by atoms with Crippen LogP contribution in [0.25, 0.3) is 22.0 Å². The SMILES string of the molecule is CCn1cc(N2C(=O)CN(C)c3cnc4cc(OC)c(-c5cn(C)nc5C)cc4c32)c(C)n1. The van der Waals surface area contributed by atoms with Crippen molar-refractivity contribution in [2.24, 2.45) is 7.05 Å². The number of methoxy groups -OCH3 is 1. The molecule has 1 aromatic carbocycles. The lowest BCUT2D eigenvalue weighted by molar-refractivity contribution is -0.116. The zero-order valence-corrected chi connectivity index (χ0v) is 19.7. The number of likely N-dealkylation sites (N-methyl/N-ethyl adjacent to an activating group) is 1. The van der Waals surface area contributed by atoms with E-state index in [0.29, 0.717) is 5.75 Å². The third-order valence-electron chi connectivity index (χ3n) is 6.19. The van der Waals surface area contributed by atoms with Crippen LogP contribution in [0.2, 0.25) is 0 Å². The van der Waals surface area contributed by atoms with Crippen LogP contribution < -0.4 is 14.5 Å². The molecule has 0 aliphatic carbocycles. The minimum absolute atomic E-state index is 0.00817. The minimum atomic E-state index is -0.00817. The van der Waals surface area contributed by atoms with Crippen LogP contribution in [-0.4, -0.2) is 51.2 Å². The number of carbonyl (C=O) groups excluding carboxylic acids is 1. The van der Waals surface area contributed by atoms with Crippen LogP contribution in [0.5, 0.6) is 5.75 Å². The van der Waals surface area contributed by atoms with Crippen LogP contribution >= 0.6 is 0 Å². The first-order valence-electron chi connectivity index (χ1n) is 10.9. The summed E-state index contributed by atoms with van der Waals surface area (Å²) in [5, 5.41) is 9.95. The van der Waals surface area contributed by atoms with Crippen molar-refractivity contribution in [1.29, 1.82) is 0 Å². The van der Waals surface area contributed by atoms with E-state index in [-0.39, 0.29) is 12.5 Å². The van der Waals surface area contributed by atoms with E-state index in [1.807, 2.05) is 69.1 Å². The van der Waals surface area contributed by atoms with Gasteiger partial charge >= 0.3 is 0 Å². The van der Waals surface area contributed by atoms with E-state index < -0.39 is 0 Å². The Kier molecular flexibility index (Phi) is 4.84. The molecule has 3 aromatic heterocycles. The monoisotopic (exact) mass is 445 g/mol. The molecule has 1 aliphatic rings. The van der Waals surface area contributed by atoms with Gasteiger partial charge in [-0.25, -0.2) is 0 Å². The quantitative estimate of drug-likeness (QED) is 0.478. The van der Waals surface area contributed by atoms with Crippen LogP contribution in [0.4, 0.5) is 17.1 Å². The van der Waals surface area contributed by atoms with Gasteiger partial charge in [-0.15, -0.1) is 0 Å². The van der Waals surface area contributed by atoms with Crippen molar-refractivity contribution in [2.45, 2.75) is 27.3 Å². The number of hydrogen-bond acceptors (Lipinski definition) is 6. The molecule has 0 bridgehead atoms. The minimum Gasteiger partial charge on any atom is -0.496 e. The van der Waals surface area contributed by atoms with Gasteiger partial charge in [0.1, 0.15) is 5.75 Å². The van der Waals surface area contributed by atoms with Gasteiger partial charge in [-0.1, -0.05) is 0 Å². The van der Waals surface area contributed by atoms with Crippen molar-refractivity contribution >= 4 is 33.9 Å². The molecular formula is C24H27N7O2. The van der Waals surface area contributed by atoms with Crippen LogP contribution in [0.1, 0.15) is 18.3 Å². The fourth-order valence-corrected chi connectivity index (χ4v) is 4.58. The number of aryl methyl sites for hydroxylation is 4. The number of ether oxygens (including phenoxy) is 1. The highest BCUT2D eigenvalue weighted by molar-refractivity contribution is 6.16. The largest absolute Gasteiger partial charge is 0.496 e. The van der Waals surface area contributed by atoms with Gasteiger partial charge in [-0.2, -0.15) is 10.2 Å². The summed E-state index contributed by atoms with van der Waals surface area (Å²) < 4.78 is 9.37. The van der Waals surface area contributed by atoms with Crippen LogP contribution in [0, 0.1) is 13.8 Å².